The van der Waals surface area contributed by atoms with Crippen LogP contribution in [0.4, 0.5) is 0 Å². The van der Waals surface area contributed by atoms with Crippen LogP contribution in [0.15, 0.2) is 40.9 Å². The zero-order valence-corrected chi connectivity index (χ0v) is 18.7. The highest BCUT2D eigenvalue weighted by atomic mass is 16.5. The fourth-order valence-corrected chi connectivity index (χ4v) is 3.14. The van der Waals surface area contributed by atoms with Gasteiger partial charge in [-0.05, 0) is 46.5 Å². The molecule has 1 atom stereocenters. The van der Waals surface area contributed by atoms with E-state index >= 15 is 0 Å². The van der Waals surface area contributed by atoms with Gasteiger partial charge in [-0.2, -0.15) is 0 Å². The first-order chi connectivity index (χ1) is 14.5. The third-order valence-corrected chi connectivity index (χ3v) is 4.86. The molecular formula is C22H35N5O3. The lowest BCUT2D eigenvalue weighted by molar-refractivity contribution is 0.199. The van der Waals surface area contributed by atoms with E-state index in [2.05, 4.69) is 27.6 Å². The minimum absolute atomic E-state index is 0.149. The summed E-state index contributed by atoms with van der Waals surface area (Å²) in [5, 5.41) is 6.43. The highest BCUT2D eigenvalue weighted by Crippen LogP contribution is 2.37. The molecule has 1 fully saturated rings. The highest BCUT2D eigenvalue weighted by Gasteiger charge is 2.23. The van der Waals surface area contributed by atoms with E-state index in [4.69, 9.17) is 19.9 Å². The van der Waals surface area contributed by atoms with Crippen molar-refractivity contribution < 1.29 is 14.2 Å². The van der Waals surface area contributed by atoms with Gasteiger partial charge in [0.2, 0.25) is 5.88 Å². The van der Waals surface area contributed by atoms with Gasteiger partial charge in [0.25, 0.3) is 0 Å². The third kappa shape index (κ3) is 6.96. The first-order valence-corrected chi connectivity index (χ1v) is 10.2. The maximum Gasteiger partial charge on any atom is 0.218 e. The summed E-state index contributed by atoms with van der Waals surface area (Å²) in [4.78, 5) is 6.41. The molecule has 1 saturated heterocycles. The molecule has 1 unspecified atom stereocenters. The van der Waals surface area contributed by atoms with Gasteiger partial charge in [0, 0.05) is 43.5 Å². The van der Waals surface area contributed by atoms with E-state index in [9.17, 15) is 0 Å². The number of hydrogen-bond donors (Lipinski definition) is 3. The van der Waals surface area contributed by atoms with E-state index in [0.717, 1.165) is 30.8 Å². The summed E-state index contributed by atoms with van der Waals surface area (Å²) < 4.78 is 17.9. The Kier molecular flexibility index (Phi) is 9.50. The number of rotatable bonds is 11. The summed E-state index contributed by atoms with van der Waals surface area (Å²) >= 11 is 0. The smallest absolute Gasteiger partial charge is 0.218 e. The number of ether oxygens (including phenoxy) is 3. The van der Waals surface area contributed by atoms with Gasteiger partial charge < -0.3 is 35.5 Å². The van der Waals surface area contributed by atoms with Crippen molar-refractivity contribution in [1.82, 2.24) is 15.5 Å². The molecule has 8 nitrogen and oxygen atoms in total. The lowest BCUT2D eigenvalue weighted by Gasteiger charge is -2.19. The number of likely N-dealkylation sites (tertiary alicyclic amines) is 1. The van der Waals surface area contributed by atoms with E-state index < -0.39 is 0 Å². The summed E-state index contributed by atoms with van der Waals surface area (Å²) in [7, 11) is 5.62. The molecule has 8 heteroatoms. The van der Waals surface area contributed by atoms with Gasteiger partial charge in [-0.1, -0.05) is 6.08 Å². The Bertz CT molecular complexity index is 776. The number of benzene rings is 1. The van der Waals surface area contributed by atoms with E-state index in [-0.39, 0.29) is 6.10 Å². The van der Waals surface area contributed by atoms with Crippen LogP contribution in [-0.2, 0) is 6.54 Å². The number of nitrogens with one attached hydrogen (secondary N) is 2. The number of likely N-dealkylation sites (N-methyl/N-ethyl adjacent to an activating group) is 1. The van der Waals surface area contributed by atoms with Crippen molar-refractivity contribution in [2.24, 2.45) is 10.7 Å². The molecule has 0 spiro atoms. The Hall–Kier alpha value is -2.71. The minimum atomic E-state index is 0.149. The SMILES string of the molecule is C/C=C(\C)NC/C=C(\N=C/N)Oc1cc(OC)c(OC2CCN(C)C2)cc1CNC. The number of hydrogen-bond acceptors (Lipinski definition) is 7. The number of aliphatic imine (C=N–C) groups is 1. The van der Waals surface area contributed by atoms with Gasteiger partial charge in [0.15, 0.2) is 11.5 Å². The lowest BCUT2D eigenvalue weighted by Crippen LogP contribution is -2.21. The fourth-order valence-electron chi connectivity index (χ4n) is 3.14. The van der Waals surface area contributed by atoms with Crippen LogP contribution in [0.1, 0.15) is 25.8 Å². The number of methoxy groups -OCH3 is 1. The van der Waals surface area contributed by atoms with Crippen LogP contribution in [0.2, 0.25) is 0 Å². The molecular weight excluding hydrogens is 382 g/mol. The van der Waals surface area contributed by atoms with Crippen LogP contribution in [0.25, 0.3) is 0 Å². The van der Waals surface area contributed by atoms with Crippen molar-refractivity contribution in [3.8, 4) is 17.2 Å². The Morgan fingerprint density at radius 3 is 2.73 bits per heavy atom. The van der Waals surface area contributed by atoms with Crippen molar-refractivity contribution >= 4 is 6.34 Å². The van der Waals surface area contributed by atoms with E-state index in [1.54, 1.807) is 7.11 Å². The normalized spacial score (nSPS) is 18.1. The molecule has 1 aliphatic heterocycles. The summed E-state index contributed by atoms with van der Waals surface area (Å²) in [5.74, 6) is 2.38. The van der Waals surface area contributed by atoms with Crippen molar-refractivity contribution in [1.29, 1.82) is 0 Å². The van der Waals surface area contributed by atoms with E-state index in [1.165, 1.54) is 6.34 Å². The zero-order chi connectivity index (χ0) is 21.9. The summed E-state index contributed by atoms with van der Waals surface area (Å²) in [6.07, 6.45) is 6.20. The molecule has 1 heterocycles. The second-order valence-corrected chi connectivity index (χ2v) is 7.21. The molecule has 1 aromatic carbocycles. The summed E-state index contributed by atoms with van der Waals surface area (Å²) in [6.45, 7) is 7.08. The molecule has 0 bridgehead atoms. The molecule has 0 aromatic heterocycles. The molecule has 0 aliphatic carbocycles. The van der Waals surface area contributed by atoms with Crippen molar-refractivity contribution in [3.63, 3.8) is 0 Å². The molecule has 0 amide bonds. The molecule has 30 heavy (non-hydrogen) atoms. The predicted octanol–water partition coefficient (Wildman–Crippen LogP) is 2.22. The third-order valence-electron chi connectivity index (χ3n) is 4.86. The number of nitrogens with zero attached hydrogens (tertiary/aromatic N) is 2. The first kappa shape index (κ1) is 23.6. The Balaban J connectivity index is 2.26. The molecule has 2 rings (SSSR count). The molecule has 1 aliphatic rings. The quantitative estimate of drug-likeness (QED) is 0.289. The van der Waals surface area contributed by atoms with Crippen LogP contribution >= 0.6 is 0 Å². The Morgan fingerprint density at radius 2 is 2.13 bits per heavy atom. The van der Waals surface area contributed by atoms with Crippen molar-refractivity contribution in [2.45, 2.75) is 32.9 Å². The second kappa shape index (κ2) is 12.1. The minimum Gasteiger partial charge on any atom is -0.493 e. The molecule has 0 radical (unpaired) electrons. The molecule has 4 N–H and O–H groups in total. The van der Waals surface area contributed by atoms with Gasteiger partial charge in [0.05, 0.1) is 13.4 Å². The van der Waals surface area contributed by atoms with Gasteiger partial charge in [0.1, 0.15) is 11.9 Å². The standard InChI is InChI=1S/C22H35N5O3/c1-6-16(2)25-9-7-22(26-15-23)30-19-12-20(28-5)21(11-17(19)13-24-3)29-18-8-10-27(4)14-18/h6-7,11-12,15,18,24-25H,8-10,13-14H2,1-5H3,(H2,23,26)/b16-6+,22-7+. The van der Waals surface area contributed by atoms with Crippen LogP contribution < -0.4 is 30.6 Å². The Morgan fingerprint density at radius 1 is 1.33 bits per heavy atom. The predicted molar refractivity (Wildman–Crippen MR) is 121 cm³/mol. The van der Waals surface area contributed by atoms with Crippen molar-refractivity contribution in [3.05, 3.63) is 41.4 Å². The fraction of sp³-hybridized carbons (Fsp3) is 0.500. The lowest BCUT2D eigenvalue weighted by atomic mass is 10.1. The van der Waals surface area contributed by atoms with Gasteiger partial charge in [-0.25, -0.2) is 4.99 Å². The number of nitrogens with two attached hydrogens (primary N) is 1. The number of allylic oxidation sites excluding steroid dienone is 2. The van der Waals surface area contributed by atoms with Gasteiger partial charge in [-0.15, -0.1) is 0 Å². The van der Waals surface area contributed by atoms with Gasteiger partial charge in [-0.3, -0.25) is 0 Å². The summed E-state index contributed by atoms with van der Waals surface area (Å²) in [5.41, 5.74) is 7.52. The molecule has 1 aromatic rings. The second-order valence-electron chi connectivity index (χ2n) is 7.21. The van der Waals surface area contributed by atoms with Gasteiger partial charge >= 0.3 is 0 Å². The van der Waals surface area contributed by atoms with Crippen LogP contribution in [0, 0.1) is 0 Å². The Labute approximate surface area is 179 Å². The average Bonchev–Trinajstić information content (AvgIpc) is 3.14. The molecule has 0 saturated carbocycles. The topological polar surface area (TPSA) is 93.4 Å². The average molecular weight is 418 g/mol. The van der Waals surface area contributed by atoms with Crippen LogP contribution in [0.5, 0.6) is 17.2 Å². The van der Waals surface area contributed by atoms with E-state index in [1.807, 2.05) is 45.2 Å². The maximum atomic E-state index is 6.24. The van der Waals surface area contributed by atoms with Crippen LogP contribution in [0.3, 0.4) is 0 Å². The van der Waals surface area contributed by atoms with E-state index in [0.29, 0.717) is 36.2 Å². The first-order valence-electron chi connectivity index (χ1n) is 10.2. The summed E-state index contributed by atoms with van der Waals surface area (Å²) in [6, 6.07) is 3.81. The van der Waals surface area contributed by atoms with Crippen LogP contribution in [-0.4, -0.2) is 58.2 Å². The zero-order valence-electron chi connectivity index (χ0n) is 18.7. The monoisotopic (exact) mass is 417 g/mol. The maximum absolute atomic E-state index is 6.24. The molecule has 166 valence electrons. The highest BCUT2D eigenvalue weighted by molar-refractivity contribution is 5.54. The largest absolute Gasteiger partial charge is 0.493 e. The van der Waals surface area contributed by atoms with Crippen molar-refractivity contribution in [2.75, 3.05) is 40.8 Å².